The van der Waals surface area contributed by atoms with E-state index in [2.05, 4.69) is 18.2 Å². The fraction of sp³-hybridized carbons (Fsp3) is 0.333. The van der Waals surface area contributed by atoms with Crippen molar-refractivity contribution < 1.29 is 5.11 Å². The van der Waals surface area contributed by atoms with Gasteiger partial charge in [0.05, 0.1) is 0 Å². The highest BCUT2D eigenvalue weighted by atomic mass is 16.3. The first kappa shape index (κ1) is 12.4. The second kappa shape index (κ2) is 4.82. The largest absolute Gasteiger partial charge is 0.381 e. The van der Waals surface area contributed by atoms with Crippen LogP contribution in [-0.2, 0) is 5.60 Å². The number of rotatable bonds is 3. The molecule has 0 spiro atoms. The molecular weight excluding hydrogens is 232 g/mol. The molecule has 1 N–H and O–H groups in total. The van der Waals surface area contributed by atoms with E-state index in [0.29, 0.717) is 5.92 Å². The van der Waals surface area contributed by atoms with Crippen LogP contribution in [0.15, 0.2) is 54.6 Å². The predicted molar refractivity (Wildman–Crippen MR) is 78.1 cm³/mol. The zero-order valence-corrected chi connectivity index (χ0v) is 11.3. The Labute approximate surface area is 114 Å². The van der Waals surface area contributed by atoms with Crippen LogP contribution in [0.5, 0.6) is 0 Å². The van der Waals surface area contributed by atoms with Crippen molar-refractivity contribution >= 4 is 0 Å². The summed E-state index contributed by atoms with van der Waals surface area (Å²) in [6, 6.07) is 18.3. The molecule has 2 aromatic carbocycles. The third kappa shape index (κ3) is 2.19. The van der Waals surface area contributed by atoms with Gasteiger partial charge in [0.1, 0.15) is 5.60 Å². The summed E-state index contributed by atoms with van der Waals surface area (Å²) >= 11 is 0. The maximum atomic E-state index is 11.0. The molecule has 0 radical (unpaired) electrons. The summed E-state index contributed by atoms with van der Waals surface area (Å²) in [6.07, 6.45) is 3.82. The molecule has 0 aliphatic heterocycles. The Morgan fingerprint density at radius 2 is 1.58 bits per heavy atom. The van der Waals surface area contributed by atoms with Crippen LogP contribution in [0.3, 0.4) is 0 Å². The highest BCUT2D eigenvalue weighted by Crippen LogP contribution is 2.42. The Morgan fingerprint density at radius 3 is 2.21 bits per heavy atom. The number of aliphatic hydroxyl groups is 1. The van der Waals surface area contributed by atoms with E-state index < -0.39 is 5.60 Å². The average Bonchev–Trinajstić information content (AvgIpc) is 2.38. The van der Waals surface area contributed by atoms with Crippen molar-refractivity contribution in [3.8, 4) is 0 Å². The summed E-state index contributed by atoms with van der Waals surface area (Å²) in [7, 11) is 0. The van der Waals surface area contributed by atoms with Crippen molar-refractivity contribution in [2.75, 3.05) is 0 Å². The molecule has 3 rings (SSSR count). The van der Waals surface area contributed by atoms with E-state index in [9.17, 15) is 5.11 Å². The van der Waals surface area contributed by atoms with Crippen LogP contribution < -0.4 is 0 Å². The zero-order chi connectivity index (χ0) is 13.3. The standard InChI is InChI=1S/C18H20O/c1-18(19,15-10-3-2-4-11-15)17-13-6-5-12-16(17)14-8-7-9-14/h2-6,10-14,19H,7-9H2,1H3. The van der Waals surface area contributed by atoms with E-state index in [1.54, 1.807) is 0 Å². The molecular formula is C18H20O. The highest BCUT2D eigenvalue weighted by molar-refractivity contribution is 5.42. The van der Waals surface area contributed by atoms with E-state index in [1.165, 1.54) is 24.8 Å². The smallest absolute Gasteiger partial charge is 0.112 e. The summed E-state index contributed by atoms with van der Waals surface area (Å²) in [5, 5.41) is 11.0. The van der Waals surface area contributed by atoms with E-state index in [-0.39, 0.29) is 0 Å². The van der Waals surface area contributed by atoms with Crippen LogP contribution in [0.1, 0.15) is 48.8 Å². The molecule has 1 aliphatic carbocycles. The fourth-order valence-corrected chi connectivity index (χ4v) is 2.93. The Hall–Kier alpha value is -1.60. The van der Waals surface area contributed by atoms with Crippen molar-refractivity contribution in [3.63, 3.8) is 0 Å². The lowest BCUT2D eigenvalue weighted by Crippen LogP contribution is -2.26. The van der Waals surface area contributed by atoms with Crippen molar-refractivity contribution in [3.05, 3.63) is 71.3 Å². The summed E-state index contributed by atoms with van der Waals surface area (Å²) in [4.78, 5) is 0. The Balaban J connectivity index is 2.06. The van der Waals surface area contributed by atoms with Gasteiger partial charge in [0, 0.05) is 0 Å². The lowest BCUT2D eigenvalue weighted by atomic mass is 9.74. The number of hydrogen-bond acceptors (Lipinski definition) is 1. The van der Waals surface area contributed by atoms with Crippen molar-refractivity contribution in [2.45, 2.75) is 37.7 Å². The molecule has 1 unspecified atom stereocenters. The maximum absolute atomic E-state index is 11.0. The van der Waals surface area contributed by atoms with Gasteiger partial charge in [0.15, 0.2) is 0 Å². The maximum Gasteiger partial charge on any atom is 0.112 e. The zero-order valence-electron chi connectivity index (χ0n) is 11.3. The van der Waals surface area contributed by atoms with Crippen molar-refractivity contribution in [1.29, 1.82) is 0 Å². The Kier molecular flexibility index (Phi) is 3.16. The summed E-state index contributed by atoms with van der Waals surface area (Å²) in [6.45, 7) is 1.90. The second-order valence-electron chi connectivity index (χ2n) is 5.65. The lowest BCUT2D eigenvalue weighted by molar-refractivity contribution is 0.100. The van der Waals surface area contributed by atoms with Crippen LogP contribution in [0.2, 0.25) is 0 Å². The van der Waals surface area contributed by atoms with Gasteiger partial charge < -0.3 is 5.11 Å². The van der Waals surface area contributed by atoms with Crippen LogP contribution >= 0.6 is 0 Å². The first-order chi connectivity index (χ1) is 9.19. The SMILES string of the molecule is CC(O)(c1ccccc1)c1ccccc1C1CCC1. The molecule has 0 bridgehead atoms. The van der Waals surface area contributed by atoms with Gasteiger partial charge >= 0.3 is 0 Å². The van der Waals surface area contributed by atoms with Crippen molar-refractivity contribution in [2.24, 2.45) is 0 Å². The molecule has 0 saturated heterocycles. The third-order valence-corrected chi connectivity index (χ3v) is 4.37. The molecule has 1 atom stereocenters. The quantitative estimate of drug-likeness (QED) is 0.867. The molecule has 1 aliphatic rings. The van der Waals surface area contributed by atoms with Gasteiger partial charge in [0.2, 0.25) is 0 Å². The molecule has 0 amide bonds. The van der Waals surface area contributed by atoms with Crippen LogP contribution in [-0.4, -0.2) is 5.11 Å². The monoisotopic (exact) mass is 252 g/mol. The number of benzene rings is 2. The van der Waals surface area contributed by atoms with Crippen LogP contribution in [0.25, 0.3) is 0 Å². The van der Waals surface area contributed by atoms with Gasteiger partial charge in [-0.25, -0.2) is 0 Å². The second-order valence-corrected chi connectivity index (χ2v) is 5.65. The van der Waals surface area contributed by atoms with E-state index in [1.807, 2.05) is 43.3 Å². The fourth-order valence-electron chi connectivity index (χ4n) is 2.93. The van der Waals surface area contributed by atoms with Gasteiger partial charge in [-0.3, -0.25) is 0 Å². The topological polar surface area (TPSA) is 20.2 Å². The van der Waals surface area contributed by atoms with E-state index in [4.69, 9.17) is 0 Å². The molecule has 0 heterocycles. The minimum atomic E-state index is -0.909. The average molecular weight is 252 g/mol. The Morgan fingerprint density at radius 1 is 0.947 bits per heavy atom. The van der Waals surface area contributed by atoms with E-state index >= 15 is 0 Å². The van der Waals surface area contributed by atoms with Crippen LogP contribution in [0, 0.1) is 0 Å². The predicted octanol–water partition coefficient (Wildman–Crippen LogP) is 4.21. The van der Waals surface area contributed by atoms with Crippen molar-refractivity contribution in [1.82, 2.24) is 0 Å². The normalized spacial score (nSPS) is 18.6. The highest BCUT2D eigenvalue weighted by Gasteiger charge is 2.31. The first-order valence-corrected chi connectivity index (χ1v) is 7.07. The molecule has 2 aromatic rings. The van der Waals surface area contributed by atoms with Gasteiger partial charge in [-0.15, -0.1) is 0 Å². The minimum Gasteiger partial charge on any atom is -0.381 e. The van der Waals surface area contributed by atoms with Gasteiger partial charge in [-0.05, 0) is 42.4 Å². The summed E-state index contributed by atoms with van der Waals surface area (Å²) in [5.41, 5.74) is 2.43. The third-order valence-electron chi connectivity index (χ3n) is 4.37. The van der Waals surface area contributed by atoms with Gasteiger partial charge in [-0.1, -0.05) is 61.0 Å². The molecule has 1 heteroatoms. The first-order valence-electron chi connectivity index (χ1n) is 7.07. The summed E-state index contributed by atoms with van der Waals surface area (Å²) in [5.74, 6) is 0.631. The lowest BCUT2D eigenvalue weighted by Gasteiger charge is -2.33. The Bertz CT molecular complexity index is 553. The molecule has 1 nitrogen and oxygen atoms in total. The molecule has 1 fully saturated rings. The van der Waals surface area contributed by atoms with Crippen LogP contribution in [0.4, 0.5) is 0 Å². The van der Waals surface area contributed by atoms with Gasteiger partial charge in [0.25, 0.3) is 0 Å². The minimum absolute atomic E-state index is 0.631. The van der Waals surface area contributed by atoms with Gasteiger partial charge in [-0.2, -0.15) is 0 Å². The molecule has 0 aromatic heterocycles. The molecule has 1 saturated carbocycles. The number of hydrogen-bond donors (Lipinski definition) is 1. The van der Waals surface area contributed by atoms with E-state index in [0.717, 1.165) is 11.1 Å². The molecule has 19 heavy (non-hydrogen) atoms. The molecule has 98 valence electrons. The summed E-state index contributed by atoms with van der Waals surface area (Å²) < 4.78 is 0.